The van der Waals surface area contributed by atoms with Crippen molar-refractivity contribution >= 4 is 29.7 Å². The van der Waals surface area contributed by atoms with Crippen molar-refractivity contribution in [3.63, 3.8) is 0 Å². The summed E-state index contributed by atoms with van der Waals surface area (Å²) in [6, 6.07) is -3.90. The number of rotatable bonds is 12. The van der Waals surface area contributed by atoms with Crippen molar-refractivity contribution in [2.45, 2.75) is 64.7 Å². The molecule has 3 amide bonds. The van der Waals surface area contributed by atoms with Crippen LogP contribution in [0, 0.1) is 5.92 Å². The Morgan fingerprint density at radius 3 is 1.97 bits per heavy atom. The Kier molecular flexibility index (Phi) is 11.3. The van der Waals surface area contributed by atoms with Crippen LogP contribution in [0.25, 0.3) is 0 Å². The van der Waals surface area contributed by atoms with E-state index in [0.717, 1.165) is 0 Å². The minimum Gasteiger partial charge on any atom is -0.480 e. The molecule has 29 heavy (non-hydrogen) atoms. The molecule has 0 saturated carbocycles. The maximum absolute atomic E-state index is 12.7. The third kappa shape index (κ3) is 10.3. The van der Waals surface area contributed by atoms with E-state index in [1.807, 2.05) is 0 Å². The van der Waals surface area contributed by atoms with Gasteiger partial charge in [-0.15, -0.1) is 0 Å². The van der Waals surface area contributed by atoms with E-state index < -0.39 is 47.9 Å². The van der Waals surface area contributed by atoms with Crippen LogP contribution in [-0.4, -0.2) is 65.5 Å². The zero-order chi connectivity index (χ0) is 22.7. The van der Waals surface area contributed by atoms with E-state index in [0.29, 0.717) is 6.42 Å². The fourth-order valence-electron chi connectivity index (χ4n) is 2.23. The van der Waals surface area contributed by atoms with Gasteiger partial charge in [-0.1, -0.05) is 13.8 Å². The average Bonchev–Trinajstić information content (AvgIpc) is 2.60. The Morgan fingerprint density at radius 2 is 1.52 bits per heavy atom. The summed E-state index contributed by atoms with van der Waals surface area (Å²) in [7, 11) is 0. The first-order chi connectivity index (χ1) is 13.4. The van der Waals surface area contributed by atoms with Crippen molar-refractivity contribution in [1.82, 2.24) is 16.0 Å². The number of carboxylic acids is 1. The molecule has 0 heterocycles. The number of nitrogens with two attached hydrogens (primary N) is 3. The van der Waals surface area contributed by atoms with Crippen LogP contribution in [0.5, 0.6) is 0 Å². The molecule has 0 fully saturated rings. The van der Waals surface area contributed by atoms with Crippen molar-refractivity contribution < 1.29 is 24.3 Å². The summed E-state index contributed by atoms with van der Waals surface area (Å²) in [6.45, 7) is 6.44. The van der Waals surface area contributed by atoms with Crippen molar-refractivity contribution in [3.8, 4) is 0 Å². The predicted molar refractivity (Wildman–Crippen MR) is 108 cm³/mol. The molecule has 0 bridgehead atoms. The second kappa shape index (κ2) is 12.5. The third-order valence-corrected chi connectivity index (χ3v) is 3.97. The first kappa shape index (κ1) is 26.1. The summed E-state index contributed by atoms with van der Waals surface area (Å²) >= 11 is 0. The highest BCUT2D eigenvalue weighted by molar-refractivity contribution is 5.94. The largest absolute Gasteiger partial charge is 0.480 e. The first-order valence-electron chi connectivity index (χ1n) is 9.31. The standard InChI is InChI=1S/C17H33N7O5/c1-8(2)12(15(27)22-10(4)16(28)29)24-14(26)11(23-13(25)9(3)18)6-5-7-21-17(19)20/h8-12H,5-7,18H2,1-4H3,(H,22,27)(H,23,25)(H,24,26)(H,28,29)(H4,19,20,21). The molecule has 0 aliphatic heterocycles. The molecule has 0 saturated heterocycles. The number of aliphatic carboxylic acids is 1. The van der Waals surface area contributed by atoms with Gasteiger partial charge in [0.05, 0.1) is 6.04 Å². The second-order valence-corrected chi connectivity index (χ2v) is 7.10. The van der Waals surface area contributed by atoms with Crippen LogP contribution < -0.4 is 33.2 Å². The molecule has 0 aliphatic rings. The van der Waals surface area contributed by atoms with Crippen LogP contribution in [0.15, 0.2) is 4.99 Å². The lowest BCUT2D eigenvalue weighted by Gasteiger charge is -2.26. The van der Waals surface area contributed by atoms with Crippen molar-refractivity contribution in [2.24, 2.45) is 28.1 Å². The summed E-state index contributed by atoms with van der Waals surface area (Å²) in [5, 5.41) is 16.4. The van der Waals surface area contributed by atoms with Gasteiger partial charge in [-0.3, -0.25) is 24.2 Å². The van der Waals surface area contributed by atoms with E-state index in [2.05, 4.69) is 20.9 Å². The Hall–Kier alpha value is -2.89. The number of guanidine groups is 1. The van der Waals surface area contributed by atoms with Crippen LogP contribution in [-0.2, 0) is 19.2 Å². The van der Waals surface area contributed by atoms with Gasteiger partial charge in [0.2, 0.25) is 17.7 Å². The third-order valence-electron chi connectivity index (χ3n) is 3.97. The molecule has 0 aromatic rings. The summed E-state index contributed by atoms with van der Waals surface area (Å²) in [5.41, 5.74) is 16.1. The highest BCUT2D eigenvalue weighted by atomic mass is 16.4. The first-order valence-corrected chi connectivity index (χ1v) is 9.31. The summed E-state index contributed by atoms with van der Waals surface area (Å²) < 4.78 is 0. The molecule has 12 heteroatoms. The number of amides is 3. The van der Waals surface area contributed by atoms with Crippen molar-refractivity contribution in [1.29, 1.82) is 0 Å². The highest BCUT2D eigenvalue weighted by Crippen LogP contribution is 2.06. The fourth-order valence-corrected chi connectivity index (χ4v) is 2.23. The van der Waals surface area contributed by atoms with Crippen molar-refractivity contribution in [2.75, 3.05) is 6.54 Å². The Labute approximate surface area is 170 Å². The Bertz CT molecular complexity index is 617. The molecule has 0 radical (unpaired) electrons. The van der Waals surface area contributed by atoms with E-state index in [-0.39, 0.29) is 24.8 Å². The van der Waals surface area contributed by atoms with Gasteiger partial charge in [-0.05, 0) is 32.6 Å². The molecule has 0 aromatic heterocycles. The van der Waals surface area contributed by atoms with Gasteiger partial charge in [0.25, 0.3) is 0 Å². The van der Waals surface area contributed by atoms with Gasteiger partial charge in [-0.25, -0.2) is 0 Å². The Morgan fingerprint density at radius 1 is 0.931 bits per heavy atom. The number of hydrogen-bond acceptors (Lipinski definition) is 6. The lowest BCUT2D eigenvalue weighted by atomic mass is 10.0. The maximum atomic E-state index is 12.7. The monoisotopic (exact) mass is 415 g/mol. The van der Waals surface area contributed by atoms with Crippen LogP contribution in [0.1, 0.15) is 40.5 Å². The summed E-state index contributed by atoms with van der Waals surface area (Å²) in [4.78, 5) is 51.8. The molecule has 0 aromatic carbocycles. The van der Waals surface area contributed by atoms with E-state index in [1.54, 1.807) is 13.8 Å². The number of nitrogens with zero attached hydrogens (tertiary/aromatic N) is 1. The molecule has 0 aliphatic carbocycles. The number of carboxylic acid groups (broad SMARTS) is 1. The molecule has 0 spiro atoms. The lowest BCUT2D eigenvalue weighted by Crippen LogP contribution is -2.58. The van der Waals surface area contributed by atoms with Gasteiger partial charge in [0.15, 0.2) is 5.96 Å². The molecule has 12 nitrogen and oxygen atoms in total. The van der Waals surface area contributed by atoms with Gasteiger partial charge in [0, 0.05) is 6.54 Å². The number of aliphatic imine (C=N–C) groups is 1. The normalized spacial score (nSPS) is 14.8. The second-order valence-electron chi connectivity index (χ2n) is 7.10. The molecule has 4 unspecified atom stereocenters. The minimum atomic E-state index is -1.20. The average molecular weight is 415 g/mol. The molecule has 4 atom stereocenters. The number of carbonyl (C=O) groups excluding carboxylic acids is 3. The van der Waals surface area contributed by atoms with E-state index in [1.165, 1.54) is 13.8 Å². The summed E-state index contributed by atoms with van der Waals surface area (Å²) in [5.74, 6) is -3.38. The maximum Gasteiger partial charge on any atom is 0.325 e. The van der Waals surface area contributed by atoms with Gasteiger partial charge >= 0.3 is 5.97 Å². The molecular weight excluding hydrogens is 382 g/mol. The zero-order valence-electron chi connectivity index (χ0n) is 17.3. The van der Waals surface area contributed by atoms with Crippen LogP contribution in [0.3, 0.4) is 0 Å². The molecule has 10 N–H and O–H groups in total. The van der Waals surface area contributed by atoms with Crippen LogP contribution in [0.2, 0.25) is 0 Å². The SMILES string of the molecule is CC(N)C(=O)NC(CCCN=C(N)N)C(=O)NC(C(=O)NC(C)C(=O)O)C(C)C. The highest BCUT2D eigenvalue weighted by Gasteiger charge is 2.30. The minimum absolute atomic E-state index is 0.0882. The number of hydrogen-bond donors (Lipinski definition) is 7. The van der Waals surface area contributed by atoms with E-state index >= 15 is 0 Å². The van der Waals surface area contributed by atoms with Crippen LogP contribution in [0.4, 0.5) is 0 Å². The predicted octanol–water partition coefficient (Wildman–Crippen LogP) is -2.40. The number of nitrogens with one attached hydrogen (secondary N) is 3. The van der Waals surface area contributed by atoms with E-state index in [9.17, 15) is 19.2 Å². The van der Waals surface area contributed by atoms with Gasteiger partial charge in [-0.2, -0.15) is 0 Å². The molecular formula is C17H33N7O5. The van der Waals surface area contributed by atoms with Gasteiger partial charge < -0.3 is 38.3 Å². The van der Waals surface area contributed by atoms with Crippen molar-refractivity contribution in [3.05, 3.63) is 0 Å². The summed E-state index contributed by atoms with van der Waals surface area (Å²) in [6.07, 6.45) is 0.600. The molecule has 0 rings (SSSR count). The topological polar surface area (TPSA) is 215 Å². The quantitative estimate of drug-likeness (QED) is 0.103. The number of carbonyl (C=O) groups is 4. The Balaban J connectivity index is 5.23. The molecule has 166 valence electrons. The smallest absolute Gasteiger partial charge is 0.325 e. The van der Waals surface area contributed by atoms with E-state index in [4.69, 9.17) is 22.3 Å². The van der Waals surface area contributed by atoms with Crippen LogP contribution >= 0.6 is 0 Å². The van der Waals surface area contributed by atoms with Gasteiger partial charge in [0.1, 0.15) is 18.1 Å². The lowest BCUT2D eigenvalue weighted by molar-refractivity contribution is -0.142. The fraction of sp³-hybridized carbons (Fsp3) is 0.706. The zero-order valence-corrected chi connectivity index (χ0v) is 17.3.